The molecule has 0 aromatic heterocycles. The number of hydrogen-bond acceptors (Lipinski definition) is 2. The molecule has 162 valence electrons. The smallest absolute Gasteiger partial charge is 0.133 e. The van der Waals surface area contributed by atoms with Gasteiger partial charge in [0.25, 0.3) is 0 Å². The summed E-state index contributed by atoms with van der Waals surface area (Å²) in [5.41, 5.74) is 0. The second kappa shape index (κ2) is 22.3. The summed E-state index contributed by atoms with van der Waals surface area (Å²) in [5.74, 6) is 0. The van der Waals surface area contributed by atoms with Gasteiger partial charge in [-0.25, -0.2) is 0 Å². The van der Waals surface area contributed by atoms with Crippen molar-refractivity contribution in [1.29, 1.82) is 0 Å². The predicted octanol–water partition coefficient (Wildman–Crippen LogP) is 8.86. The van der Waals surface area contributed by atoms with Crippen molar-refractivity contribution in [2.45, 2.75) is 148 Å². The van der Waals surface area contributed by atoms with E-state index in [1.807, 2.05) is 6.92 Å². The normalized spacial score (nSPS) is 13.1. The van der Waals surface area contributed by atoms with Crippen molar-refractivity contribution in [2.24, 2.45) is 0 Å². The topological polar surface area (TPSA) is 46.5 Å². The third kappa shape index (κ3) is 24.0. The largest absolute Gasteiger partial charge is 0.694 e. The summed E-state index contributed by atoms with van der Waals surface area (Å²) in [6.45, 7) is 4.16. The van der Waals surface area contributed by atoms with E-state index in [0.717, 1.165) is 12.8 Å². The van der Waals surface area contributed by atoms with E-state index in [4.69, 9.17) is 9.42 Å². The van der Waals surface area contributed by atoms with Gasteiger partial charge in [-0.15, -0.1) is 9.42 Å². The molecule has 1 N–H and O–H groups in total. The van der Waals surface area contributed by atoms with Gasteiger partial charge < -0.3 is 0 Å². The van der Waals surface area contributed by atoms with Gasteiger partial charge in [-0.1, -0.05) is 129 Å². The SMILES string of the molecule is CCCCCCCCCCCCCCCCCCCCCC(C)O[P+](=O)O. The zero-order chi connectivity index (χ0) is 20.0. The molecule has 0 rings (SSSR count). The van der Waals surface area contributed by atoms with Crippen LogP contribution in [0.2, 0.25) is 0 Å². The third-order valence-electron chi connectivity index (χ3n) is 5.48. The minimum Gasteiger partial charge on any atom is -0.133 e. The lowest BCUT2D eigenvalue weighted by Crippen LogP contribution is -2.02. The lowest BCUT2D eigenvalue weighted by Gasteiger charge is -2.05. The molecular formula is C23H48O3P+. The standard InChI is InChI=1S/C23H47O3P/c1-3-4-5-6-7-8-9-10-11-12-13-14-15-16-17-18-19-20-21-22-23(2)26-27(24)25/h23H,3-22H2,1-2H3/p+1. The van der Waals surface area contributed by atoms with E-state index in [9.17, 15) is 4.57 Å². The molecule has 0 saturated carbocycles. The molecule has 0 spiro atoms. The second-order valence-electron chi connectivity index (χ2n) is 8.31. The van der Waals surface area contributed by atoms with Crippen LogP contribution in [0.25, 0.3) is 0 Å². The average molecular weight is 404 g/mol. The van der Waals surface area contributed by atoms with E-state index in [0.29, 0.717) is 0 Å². The highest BCUT2D eigenvalue weighted by atomic mass is 31.1. The van der Waals surface area contributed by atoms with Crippen LogP contribution in [-0.4, -0.2) is 11.0 Å². The van der Waals surface area contributed by atoms with E-state index in [-0.39, 0.29) is 6.10 Å². The first-order valence-electron chi connectivity index (χ1n) is 12.0. The van der Waals surface area contributed by atoms with Gasteiger partial charge >= 0.3 is 8.25 Å². The molecule has 27 heavy (non-hydrogen) atoms. The fraction of sp³-hybridized carbons (Fsp3) is 1.00. The number of hydrogen-bond donors (Lipinski definition) is 1. The lowest BCUT2D eigenvalue weighted by molar-refractivity contribution is 0.192. The Bertz CT molecular complexity index is 310. The van der Waals surface area contributed by atoms with Gasteiger partial charge in [0.15, 0.2) is 0 Å². The van der Waals surface area contributed by atoms with Crippen molar-refractivity contribution >= 4 is 8.25 Å². The van der Waals surface area contributed by atoms with Crippen molar-refractivity contribution in [3.63, 3.8) is 0 Å². The Hall–Kier alpha value is 0.0200. The second-order valence-corrected chi connectivity index (χ2v) is 8.99. The van der Waals surface area contributed by atoms with Gasteiger partial charge in [0.2, 0.25) is 0 Å². The van der Waals surface area contributed by atoms with Crippen molar-refractivity contribution in [1.82, 2.24) is 0 Å². The van der Waals surface area contributed by atoms with E-state index >= 15 is 0 Å². The molecule has 4 heteroatoms. The van der Waals surface area contributed by atoms with Gasteiger partial charge in [0.05, 0.1) is 0 Å². The maximum absolute atomic E-state index is 10.5. The quantitative estimate of drug-likeness (QED) is 0.145. The molecule has 2 atom stereocenters. The molecular weight excluding hydrogens is 355 g/mol. The van der Waals surface area contributed by atoms with Crippen LogP contribution in [-0.2, 0) is 9.09 Å². The Morgan fingerprint density at radius 2 is 0.926 bits per heavy atom. The fourth-order valence-corrected chi connectivity index (χ4v) is 4.13. The summed E-state index contributed by atoms with van der Waals surface area (Å²) in [5, 5.41) is 0. The third-order valence-corrected chi connectivity index (χ3v) is 6.02. The number of rotatable bonds is 22. The molecule has 0 aliphatic carbocycles. The lowest BCUT2D eigenvalue weighted by atomic mass is 10.0. The van der Waals surface area contributed by atoms with Crippen molar-refractivity contribution in [3.8, 4) is 0 Å². The van der Waals surface area contributed by atoms with Gasteiger partial charge in [0.1, 0.15) is 6.10 Å². The van der Waals surface area contributed by atoms with Crippen LogP contribution in [0.1, 0.15) is 142 Å². The van der Waals surface area contributed by atoms with Gasteiger partial charge in [0, 0.05) is 4.57 Å². The molecule has 0 saturated heterocycles. The van der Waals surface area contributed by atoms with Crippen LogP contribution in [0.5, 0.6) is 0 Å². The highest BCUT2D eigenvalue weighted by Crippen LogP contribution is 2.21. The van der Waals surface area contributed by atoms with Gasteiger partial charge in [-0.3, -0.25) is 0 Å². The maximum atomic E-state index is 10.5. The summed E-state index contributed by atoms with van der Waals surface area (Å²) in [6.07, 6.45) is 27.1. The first-order valence-corrected chi connectivity index (χ1v) is 13.1. The summed E-state index contributed by atoms with van der Waals surface area (Å²) >= 11 is 0. The Morgan fingerprint density at radius 3 is 1.22 bits per heavy atom. The maximum Gasteiger partial charge on any atom is 0.694 e. The molecule has 0 heterocycles. The van der Waals surface area contributed by atoms with Crippen LogP contribution in [0.15, 0.2) is 0 Å². The zero-order valence-corrected chi connectivity index (χ0v) is 19.3. The molecule has 0 fully saturated rings. The van der Waals surface area contributed by atoms with Gasteiger partial charge in [-0.05, 0) is 13.3 Å². The van der Waals surface area contributed by atoms with Crippen molar-refractivity contribution in [2.75, 3.05) is 0 Å². The van der Waals surface area contributed by atoms with Crippen LogP contribution in [0.4, 0.5) is 0 Å². The van der Waals surface area contributed by atoms with Crippen LogP contribution < -0.4 is 0 Å². The highest BCUT2D eigenvalue weighted by molar-refractivity contribution is 7.32. The minimum absolute atomic E-state index is 0.0931. The molecule has 0 aromatic rings. The molecule has 0 aliphatic heterocycles. The molecule has 0 aromatic carbocycles. The molecule has 0 amide bonds. The Labute approximate surface area is 171 Å². The Kier molecular flexibility index (Phi) is 22.3. The van der Waals surface area contributed by atoms with Gasteiger partial charge in [-0.2, -0.15) is 0 Å². The van der Waals surface area contributed by atoms with Crippen molar-refractivity contribution in [3.05, 3.63) is 0 Å². The summed E-state index contributed by atoms with van der Waals surface area (Å²) in [4.78, 5) is 8.67. The number of unbranched alkanes of at least 4 members (excludes halogenated alkanes) is 18. The summed E-state index contributed by atoms with van der Waals surface area (Å²) < 4.78 is 15.4. The molecule has 0 radical (unpaired) electrons. The first kappa shape index (κ1) is 27.0. The van der Waals surface area contributed by atoms with Crippen molar-refractivity contribution < 1.29 is 14.0 Å². The summed E-state index contributed by atoms with van der Waals surface area (Å²) in [7, 11) is -2.44. The van der Waals surface area contributed by atoms with Crippen LogP contribution in [0.3, 0.4) is 0 Å². The molecule has 0 bridgehead atoms. The molecule has 0 aliphatic rings. The Balaban J connectivity index is 3.06. The highest BCUT2D eigenvalue weighted by Gasteiger charge is 2.17. The van der Waals surface area contributed by atoms with Crippen LogP contribution >= 0.6 is 8.25 Å². The van der Waals surface area contributed by atoms with E-state index < -0.39 is 8.25 Å². The molecule has 3 nitrogen and oxygen atoms in total. The zero-order valence-electron chi connectivity index (χ0n) is 18.4. The minimum atomic E-state index is -2.44. The van der Waals surface area contributed by atoms with E-state index in [2.05, 4.69) is 6.92 Å². The molecule has 2 unspecified atom stereocenters. The predicted molar refractivity (Wildman–Crippen MR) is 118 cm³/mol. The van der Waals surface area contributed by atoms with E-state index in [1.54, 1.807) is 0 Å². The van der Waals surface area contributed by atoms with E-state index in [1.165, 1.54) is 116 Å². The first-order chi connectivity index (χ1) is 13.2. The average Bonchev–Trinajstić information content (AvgIpc) is 2.63. The monoisotopic (exact) mass is 403 g/mol. The van der Waals surface area contributed by atoms with Crippen LogP contribution in [0, 0.1) is 0 Å². The fourth-order valence-electron chi connectivity index (χ4n) is 3.72. The Morgan fingerprint density at radius 1 is 0.630 bits per heavy atom. The summed E-state index contributed by atoms with van der Waals surface area (Å²) in [6, 6.07) is 0.